The summed E-state index contributed by atoms with van der Waals surface area (Å²) in [6, 6.07) is 5.37. The van der Waals surface area contributed by atoms with Gasteiger partial charge in [0, 0.05) is 19.2 Å². The Morgan fingerprint density at radius 3 is 2.65 bits per heavy atom. The van der Waals surface area contributed by atoms with Crippen LogP contribution in [0.2, 0.25) is 0 Å². The van der Waals surface area contributed by atoms with E-state index in [1.54, 1.807) is 25.3 Å². The molecule has 2 rings (SSSR count). The molecule has 5 nitrogen and oxygen atoms in total. The first-order valence-electron chi connectivity index (χ1n) is 5.48. The molecule has 1 aromatic rings. The molecule has 0 atom stereocenters. The highest BCUT2D eigenvalue weighted by molar-refractivity contribution is 5.97. The smallest absolute Gasteiger partial charge is 0.255 e. The van der Waals surface area contributed by atoms with Gasteiger partial charge in [-0.1, -0.05) is 0 Å². The first kappa shape index (κ1) is 11.7. The van der Waals surface area contributed by atoms with Crippen molar-refractivity contribution in [2.75, 3.05) is 27.3 Å². The average molecular weight is 236 g/mol. The molecule has 5 heteroatoms. The van der Waals surface area contributed by atoms with E-state index in [0.29, 0.717) is 17.1 Å². The van der Waals surface area contributed by atoms with Crippen LogP contribution in [0.4, 0.5) is 0 Å². The van der Waals surface area contributed by atoms with Crippen molar-refractivity contribution < 1.29 is 14.3 Å². The van der Waals surface area contributed by atoms with E-state index in [1.807, 2.05) is 0 Å². The Hall–Kier alpha value is -1.75. The van der Waals surface area contributed by atoms with Gasteiger partial charge in [0.05, 0.1) is 25.8 Å². The topological polar surface area (TPSA) is 59.6 Å². The van der Waals surface area contributed by atoms with E-state index in [4.69, 9.17) is 9.47 Å². The zero-order valence-corrected chi connectivity index (χ0v) is 9.95. The monoisotopic (exact) mass is 236 g/mol. The van der Waals surface area contributed by atoms with Gasteiger partial charge in [-0.05, 0) is 12.1 Å². The Balaban J connectivity index is 2.15. The molecule has 0 saturated carbocycles. The van der Waals surface area contributed by atoms with Crippen LogP contribution in [0, 0.1) is 0 Å². The van der Waals surface area contributed by atoms with Crippen LogP contribution in [0.3, 0.4) is 0 Å². The number of methoxy groups -OCH3 is 2. The van der Waals surface area contributed by atoms with Crippen molar-refractivity contribution in [2.45, 2.75) is 6.04 Å². The Kier molecular flexibility index (Phi) is 3.49. The van der Waals surface area contributed by atoms with Crippen molar-refractivity contribution in [1.29, 1.82) is 0 Å². The summed E-state index contributed by atoms with van der Waals surface area (Å²) in [5.41, 5.74) is 0.528. The molecular formula is C12H16N2O3. The fourth-order valence-electron chi connectivity index (χ4n) is 1.64. The lowest BCUT2D eigenvalue weighted by atomic mass is 10.1. The minimum atomic E-state index is -0.115. The van der Waals surface area contributed by atoms with Gasteiger partial charge < -0.3 is 20.1 Å². The van der Waals surface area contributed by atoms with Crippen molar-refractivity contribution in [3.8, 4) is 11.5 Å². The van der Waals surface area contributed by atoms with Gasteiger partial charge in [0.1, 0.15) is 11.5 Å². The van der Waals surface area contributed by atoms with Crippen molar-refractivity contribution >= 4 is 5.91 Å². The second kappa shape index (κ2) is 5.05. The fraction of sp³-hybridized carbons (Fsp3) is 0.417. The summed E-state index contributed by atoms with van der Waals surface area (Å²) in [4.78, 5) is 12.0. The number of benzene rings is 1. The van der Waals surface area contributed by atoms with Gasteiger partial charge in [-0.25, -0.2) is 0 Å². The highest BCUT2D eigenvalue weighted by atomic mass is 16.5. The molecule has 0 spiro atoms. The number of hydrogen-bond donors (Lipinski definition) is 2. The summed E-state index contributed by atoms with van der Waals surface area (Å²) in [6.07, 6.45) is 0. The lowest BCUT2D eigenvalue weighted by Gasteiger charge is -2.28. The van der Waals surface area contributed by atoms with Crippen LogP contribution in [-0.2, 0) is 0 Å². The third kappa shape index (κ3) is 2.50. The van der Waals surface area contributed by atoms with Crippen molar-refractivity contribution in [3.05, 3.63) is 23.8 Å². The zero-order valence-electron chi connectivity index (χ0n) is 9.95. The molecule has 1 aliphatic heterocycles. The molecule has 1 fully saturated rings. The summed E-state index contributed by atoms with van der Waals surface area (Å²) in [5, 5.41) is 6.02. The van der Waals surface area contributed by atoms with Crippen LogP contribution in [0.25, 0.3) is 0 Å². The number of rotatable bonds is 4. The van der Waals surface area contributed by atoms with Crippen molar-refractivity contribution in [2.24, 2.45) is 0 Å². The highest BCUT2D eigenvalue weighted by Gasteiger charge is 2.21. The van der Waals surface area contributed by atoms with E-state index in [-0.39, 0.29) is 11.9 Å². The third-order valence-corrected chi connectivity index (χ3v) is 2.77. The van der Waals surface area contributed by atoms with E-state index in [9.17, 15) is 4.79 Å². The van der Waals surface area contributed by atoms with E-state index in [0.717, 1.165) is 13.1 Å². The van der Waals surface area contributed by atoms with Crippen LogP contribution in [0.15, 0.2) is 18.2 Å². The van der Waals surface area contributed by atoms with Crippen LogP contribution >= 0.6 is 0 Å². The molecule has 0 aromatic heterocycles. The molecule has 0 aliphatic carbocycles. The molecule has 0 radical (unpaired) electrons. The maximum absolute atomic E-state index is 12.0. The van der Waals surface area contributed by atoms with Gasteiger partial charge in [-0.2, -0.15) is 0 Å². The van der Waals surface area contributed by atoms with E-state index in [2.05, 4.69) is 10.6 Å². The van der Waals surface area contributed by atoms with E-state index >= 15 is 0 Å². The average Bonchev–Trinajstić information content (AvgIpc) is 2.32. The molecule has 1 heterocycles. The Morgan fingerprint density at radius 1 is 1.35 bits per heavy atom. The first-order valence-corrected chi connectivity index (χ1v) is 5.48. The fourth-order valence-corrected chi connectivity index (χ4v) is 1.64. The lowest BCUT2D eigenvalue weighted by molar-refractivity contribution is 0.0921. The Labute approximate surface area is 100 Å². The molecule has 0 unspecified atom stereocenters. The summed E-state index contributed by atoms with van der Waals surface area (Å²) in [5.74, 6) is 1.08. The second-order valence-corrected chi connectivity index (χ2v) is 3.89. The lowest BCUT2D eigenvalue weighted by Crippen LogP contribution is -2.56. The molecule has 1 aromatic carbocycles. The molecule has 92 valence electrons. The summed E-state index contributed by atoms with van der Waals surface area (Å²) in [6.45, 7) is 1.65. The maximum atomic E-state index is 12.0. The molecule has 1 saturated heterocycles. The van der Waals surface area contributed by atoms with Gasteiger partial charge in [-0.15, -0.1) is 0 Å². The quantitative estimate of drug-likeness (QED) is 0.794. The predicted octanol–water partition coefficient (Wildman–Crippen LogP) is 0.405. The number of ether oxygens (including phenoxy) is 2. The number of nitrogens with one attached hydrogen (secondary N) is 2. The Bertz CT molecular complexity index is 416. The molecule has 1 amide bonds. The second-order valence-electron chi connectivity index (χ2n) is 3.89. The normalized spacial score (nSPS) is 14.9. The van der Waals surface area contributed by atoms with Gasteiger partial charge in [-0.3, -0.25) is 4.79 Å². The minimum absolute atomic E-state index is 0.115. The van der Waals surface area contributed by atoms with Gasteiger partial charge in [0.25, 0.3) is 5.91 Å². The minimum Gasteiger partial charge on any atom is -0.497 e. The molecular weight excluding hydrogens is 220 g/mol. The third-order valence-electron chi connectivity index (χ3n) is 2.77. The molecule has 17 heavy (non-hydrogen) atoms. The number of carbonyl (C=O) groups is 1. The van der Waals surface area contributed by atoms with Gasteiger partial charge in [0.2, 0.25) is 0 Å². The molecule has 2 N–H and O–H groups in total. The van der Waals surface area contributed by atoms with Gasteiger partial charge >= 0.3 is 0 Å². The largest absolute Gasteiger partial charge is 0.497 e. The highest BCUT2D eigenvalue weighted by Crippen LogP contribution is 2.24. The van der Waals surface area contributed by atoms with Crippen LogP contribution in [0.5, 0.6) is 11.5 Å². The van der Waals surface area contributed by atoms with Crippen molar-refractivity contribution in [3.63, 3.8) is 0 Å². The van der Waals surface area contributed by atoms with Crippen LogP contribution in [0.1, 0.15) is 10.4 Å². The standard InChI is InChI=1S/C12H16N2O3/c1-16-9-3-4-10(11(5-9)17-2)12(15)14-8-6-13-7-8/h3-5,8,13H,6-7H2,1-2H3,(H,14,15). The molecule has 0 bridgehead atoms. The maximum Gasteiger partial charge on any atom is 0.255 e. The van der Waals surface area contributed by atoms with Crippen LogP contribution in [-0.4, -0.2) is 39.3 Å². The number of hydrogen-bond acceptors (Lipinski definition) is 4. The summed E-state index contributed by atoms with van der Waals surface area (Å²) in [7, 11) is 3.12. The number of carbonyl (C=O) groups excluding carboxylic acids is 1. The van der Waals surface area contributed by atoms with Crippen LogP contribution < -0.4 is 20.1 Å². The summed E-state index contributed by atoms with van der Waals surface area (Å²) < 4.78 is 10.3. The number of amides is 1. The zero-order chi connectivity index (χ0) is 12.3. The van der Waals surface area contributed by atoms with Crippen molar-refractivity contribution in [1.82, 2.24) is 10.6 Å². The van der Waals surface area contributed by atoms with E-state index < -0.39 is 0 Å². The first-order chi connectivity index (χ1) is 8.24. The molecule has 1 aliphatic rings. The predicted molar refractivity (Wildman–Crippen MR) is 63.7 cm³/mol. The van der Waals surface area contributed by atoms with E-state index in [1.165, 1.54) is 7.11 Å². The van der Waals surface area contributed by atoms with Gasteiger partial charge in [0.15, 0.2) is 0 Å². The SMILES string of the molecule is COc1ccc(C(=O)NC2CNC2)c(OC)c1. The Morgan fingerprint density at radius 2 is 2.12 bits per heavy atom. The summed E-state index contributed by atoms with van der Waals surface area (Å²) >= 11 is 0.